The summed E-state index contributed by atoms with van der Waals surface area (Å²) in [6.45, 7) is 0. The van der Waals surface area contributed by atoms with E-state index in [0.29, 0.717) is 11.3 Å². The number of hydrogen-bond acceptors (Lipinski definition) is 5. The molecule has 1 amide bonds. The molecule has 19 heavy (non-hydrogen) atoms. The molecule has 1 rings (SSSR count). The van der Waals surface area contributed by atoms with Crippen molar-refractivity contribution in [3.63, 3.8) is 0 Å². The van der Waals surface area contributed by atoms with Crippen LogP contribution in [0.3, 0.4) is 0 Å². The first-order chi connectivity index (χ1) is 9.15. The Bertz CT molecular complexity index is 563. The smallest absolute Gasteiger partial charge is 0.256 e. The van der Waals surface area contributed by atoms with Gasteiger partial charge in [0.15, 0.2) is 5.57 Å². The minimum Gasteiger partial charge on any atom is -0.497 e. The van der Waals surface area contributed by atoms with Gasteiger partial charge in [-0.1, -0.05) is 0 Å². The highest BCUT2D eigenvalue weighted by Crippen LogP contribution is 2.15. The Morgan fingerprint density at radius 1 is 1.26 bits per heavy atom. The van der Waals surface area contributed by atoms with E-state index in [1.807, 2.05) is 0 Å². The van der Waals surface area contributed by atoms with E-state index in [0.717, 1.165) is 11.8 Å². The number of nitrogens with zero attached hydrogens (tertiary/aromatic N) is 2. The Hall–Kier alpha value is -2.44. The zero-order valence-corrected chi connectivity index (χ0v) is 11.2. The van der Waals surface area contributed by atoms with Gasteiger partial charge in [0.25, 0.3) is 5.91 Å². The number of carbonyl (C=O) groups is 1. The number of hydrogen-bond donors (Lipinski definition) is 1. The van der Waals surface area contributed by atoms with Crippen LogP contribution in [0.15, 0.2) is 34.9 Å². The second-order valence-electron chi connectivity index (χ2n) is 3.31. The lowest BCUT2D eigenvalue weighted by Gasteiger charge is -2.07. The third-order valence-electron chi connectivity index (χ3n) is 2.23. The summed E-state index contributed by atoms with van der Waals surface area (Å²) < 4.78 is 4.99. The van der Waals surface area contributed by atoms with E-state index >= 15 is 0 Å². The Morgan fingerprint density at radius 2 is 1.84 bits per heavy atom. The summed E-state index contributed by atoms with van der Waals surface area (Å²) in [7, 11) is 1.54. The molecule has 0 unspecified atom stereocenters. The predicted octanol–water partition coefficient (Wildman–Crippen LogP) is 2.05. The SMILES string of the molecule is COc1ccc(C(=O)NC(SC)=C(C#N)C#N)cc1. The lowest BCUT2D eigenvalue weighted by Crippen LogP contribution is -2.22. The highest BCUT2D eigenvalue weighted by atomic mass is 32.2. The van der Waals surface area contributed by atoms with Crippen LogP contribution in [-0.4, -0.2) is 19.3 Å². The first-order valence-electron chi connectivity index (χ1n) is 5.20. The molecule has 0 atom stereocenters. The van der Waals surface area contributed by atoms with Crippen molar-refractivity contribution in [2.45, 2.75) is 0 Å². The average molecular weight is 273 g/mol. The van der Waals surface area contributed by atoms with Crippen molar-refractivity contribution in [2.75, 3.05) is 13.4 Å². The number of allylic oxidation sites excluding steroid dienone is 1. The lowest BCUT2D eigenvalue weighted by atomic mass is 10.2. The standard InChI is InChI=1S/C13H11N3O2S/c1-18-11-5-3-9(4-6-11)12(17)16-13(19-2)10(7-14)8-15/h3-6H,1-2H3,(H,16,17). The molecule has 1 aromatic rings. The van der Waals surface area contributed by atoms with Crippen molar-refractivity contribution in [3.05, 3.63) is 40.4 Å². The number of carbonyl (C=O) groups excluding carboxylic acids is 1. The molecule has 1 N–H and O–H groups in total. The van der Waals surface area contributed by atoms with E-state index < -0.39 is 0 Å². The average Bonchev–Trinajstić information content (AvgIpc) is 2.47. The number of ether oxygens (including phenoxy) is 1. The maximum atomic E-state index is 11.9. The largest absolute Gasteiger partial charge is 0.497 e. The second-order valence-corrected chi connectivity index (χ2v) is 4.13. The van der Waals surface area contributed by atoms with Gasteiger partial charge in [-0.3, -0.25) is 4.79 Å². The summed E-state index contributed by atoms with van der Waals surface area (Å²) in [6.07, 6.45) is 1.68. The molecule has 0 aliphatic carbocycles. The van der Waals surface area contributed by atoms with Gasteiger partial charge in [-0.25, -0.2) is 0 Å². The van der Waals surface area contributed by atoms with Gasteiger partial charge in [0.2, 0.25) is 0 Å². The first kappa shape index (κ1) is 14.6. The van der Waals surface area contributed by atoms with E-state index in [-0.39, 0.29) is 16.5 Å². The van der Waals surface area contributed by atoms with Gasteiger partial charge in [0.05, 0.1) is 7.11 Å². The molecule has 0 fully saturated rings. The Kier molecular flexibility index (Phi) is 5.46. The molecular weight excluding hydrogens is 262 g/mol. The maximum absolute atomic E-state index is 11.9. The van der Waals surface area contributed by atoms with Crippen molar-refractivity contribution in [2.24, 2.45) is 0 Å². The second kappa shape index (κ2) is 7.10. The van der Waals surface area contributed by atoms with Crippen LogP contribution in [0.25, 0.3) is 0 Å². The summed E-state index contributed by atoms with van der Waals surface area (Å²) in [5.74, 6) is 0.266. The molecule has 6 heteroatoms. The zero-order valence-electron chi connectivity index (χ0n) is 10.4. The Labute approximate surface area is 115 Å². The van der Waals surface area contributed by atoms with Crippen molar-refractivity contribution in [1.29, 1.82) is 10.5 Å². The number of thioether (sulfide) groups is 1. The quantitative estimate of drug-likeness (QED) is 0.848. The van der Waals surface area contributed by atoms with Crippen molar-refractivity contribution >= 4 is 17.7 Å². The molecule has 0 spiro atoms. The van der Waals surface area contributed by atoms with Crippen molar-refractivity contribution < 1.29 is 9.53 Å². The molecule has 96 valence electrons. The molecule has 0 saturated carbocycles. The number of nitriles is 2. The zero-order chi connectivity index (χ0) is 14.3. The molecule has 0 radical (unpaired) electrons. The van der Waals surface area contributed by atoms with E-state index in [2.05, 4.69) is 5.32 Å². The van der Waals surface area contributed by atoms with Gasteiger partial charge in [-0.2, -0.15) is 10.5 Å². The van der Waals surface area contributed by atoms with E-state index in [1.54, 1.807) is 42.7 Å². The highest BCUT2D eigenvalue weighted by Gasteiger charge is 2.11. The molecule has 0 bridgehead atoms. The Morgan fingerprint density at radius 3 is 2.26 bits per heavy atom. The number of nitrogens with one attached hydrogen (secondary N) is 1. The summed E-state index contributed by atoms with van der Waals surface area (Å²) in [6, 6.07) is 10.0. The van der Waals surface area contributed by atoms with E-state index in [9.17, 15) is 4.79 Å². The highest BCUT2D eigenvalue weighted by molar-refractivity contribution is 8.02. The van der Waals surface area contributed by atoms with Gasteiger partial charge < -0.3 is 10.1 Å². The minimum absolute atomic E-state index is 0.116. The van der Waals surface area contributed by atoms with Crippen LogP contribution in [0.4, 0.5) is 0 Å². The fraction of sp³-hybridized carbons (Fsp3) is 0.154. The van der Waals surface area contributed by atoms with Gasteiger partial charge in [0, 0.05) is 5.56 Å². The molecule has 0 aromatic heterocycles. The van der Waals surface area contributed by atoms with E-state index in [1.165, 1.54) is 7.11 Å². The lowest BCUT2D eigenvalue weighted by molar-refractivity contribution is 0.0968. The summed E-state index contributed by atoms with van der Waals surface area (Å²) in [5.41, 5.74) is 0.303. The monoisotopic (exact) mass is 273 g/mol. The summed E-state index contributed by atoms with van der Waals surface area (Å²) >= 11 is 1.14. The maximum Gasteiger partial charge on any atom is 0.256 e. The van der Waals surface area contributed by atoms with Crippen LogP contribution in [0.1, 0.15) is 10.4 Å². The topological polar surface area (TPSA) is 85.9 Å². The van der Waals surface area contributed by atoms with Crippen LogP contribution in [0, 0.1) is 22.7 Å². The normalized spacial score (nSPS) is 8.84. The molecule has 0 heterocycles. The molecule has 0 aliphatic rings. The van der Waals surface area contributed by atoms with Gasteiger partial charge >= 0.3 is 0 Å². The molecule has 1 aromatic carbocycles. The molecule has 0 saturated heterocycles. The number of benzene rings is 1. The van der Waals surface area contributed by atoms with Crippen molar-refractivity contribution in [1.82, 2.24) is 5.32 Å². The summed E-state index contributed by atoms with van der Waals surface area (Å²) in [4.78, 5) is 11.9. The minimum atomic E-state index is -0.380. The molecule has 5 nitrogen and oxygen atoms in total. The van der Waals surface area contributed by atoms with Crippen LogP contribution in [0.2, 0.25) is 0 Å². The van der Waals surface area contributed by atoms with Gasteiger partial charge in [-0.05, 0) is 30.5 Å². The number of methoxy groups -OCH3 is 1. The summed E-state index contributed by atoms with van der Waals surface area (Å²) in [5, 5.41) is 20.3. The van der Waals surface area contributed by atoms with Crippen molar-refractivity contribution in [3.8, 4) is 17.9 Å². The van der Waals surface area contributed by atoms with Gasteiger partial charge in [0.1, 0.15) is 22.9 Å². The Balaban J connectivity index is 2.93. The van der Waals surface area contributed by atoms with Gasteiger partial charge in [-0.15, -0.1) is 11.8 Å². The number of amides is 1. The third kappa shape index (κ3) is 3.77. The van der Waals surface area contributed by atoms with Crippen LogP contribution < -0.4 is 10.1 Å². The molecule has 0 aliphatic heterocycles. The predicted molar refractivity (Wildman–Crippen MR) is 72.2 cm³/mol. The molecular formula is C13H11N3O2S. The fourth-order valence-electron chi connectivity index (χ4n) is 1.26. The van der Waals surface area contributed by atoms with Crippen LogP contribution in [0.5, 0.6) is 5.75 Å². The first-order valence-corrected chi connectivity index (χ1v) is 6.42. The fourth-order valence-corrected chi connectivity index (χ4v) is 1.75. The van der Waals surface area contributed by atoms with E-state index in [4.69, 9.17) is 15.3 Å². The van der Waals surface area contributed by atoms with Crippen LogP contribution >= 0.6 is 11.8 Å². The third-order valence-corrected chi connectivity index (χ3v) is 2.95. The van der Waals surface area contributed by atoms with Crippen LogP contribution in [-0.2, 0) is 0 Å². The number of rotatable bonds is 4.